The van der Waals surface area contributed by atoms with Gasteiger partial charge in [0.05, 0.1) is 6.54 Å². The van der Waals surface area contributed by atoms with E-state index in [1.165, 1.54) is 22.4 Å². The molecule has 1 aliphatic heterocycles. The van der Waals surface area contributed by atoms with Gasteiger partial charge in [-0.1, -0.05) is 17.7 Å². The van der Waals surface area contributed by atoms with E-state index in [1.807, 2.05) is 6.21 Å². The molecule has 2 nitrogen and oxygen atoms in total. The van der Waals surface area contributed by atoms with Gasteiger partial charge in [0.2, 0.25) is 0 Å². The molecule has 0 aliphatic carbocycles. The maximum absolute atomic E-state index is 4.25. The fourth-order valence-electron chi connectivity index (χ4n) is 2.20. The lowest BCUT2D eigenvalue weighted by atomic mass is 10.0. The molecule has 0 radical (unpaired) electrons. The van der Waals surface area contributed by atoms with Gasteiger partial charge in [-0.2, -0.15) is 0 Å². The van der Waals surface area contributed by atoms with Crippen molar-refractivity contribution in [1.82, 2.24) is 0 Å². The third-order valence-electron chi connectivity index (χ3n) is 2.64. The monoisotopic (exact) mass is 188 g/mol. The summed E-state index contributed by atoms with van der Waals surface area (Å²) in [7, 11) is 0. The molecule has 2 rings (SSSR count). The third kappa shape index (κ3) is 1.52. The summed E-state index contributed by atoms with van der Waals surface area (Å²) in [5.41, 5.74) is 5.40. The van der Waals surface area contributed by atoms with E-state index in [4.69, 9.17) is 0 Å². The zero-order valence-electron chi connectivity index (χ0n) is 9.04. The highest BCUT2D eigenvalue weighted by atomic mass is 15.2. The Labute approximate surface area is 85.3 Å². The molecule has 0 unspecified atom stereocenters. The molecule has 1 heterocycles. The number of hydrogen-bond donors (Lipinski definition) is 0. The molecule has 0 N–H and O–H groups in total. The summed E-state index contributed by atoms with van der Waals surface area (Å²) < 4.78 is 0. The Morgan fingerprint density at radius 2 is 1.79 bits per heavy atom. The molecule has 14 heavy (non-hydrogen) atoms. The molecule has 1 aromatic carbocycles. The van der Waals surface area contributed by atoms with Gasteiger partial charge < -0.3 is 4.90 Å². The molecule has 0 fully saturated rings. The van der Waals surface area contributed by atoms with E-state index in [2.05, 4.69) is 42.8 Å². The van der Waals surface area contributed by atoms with Crippen molar-refractivity contribution in [3.05, 3.63) is 28.8 Å². The number of anilines is 1. The van der Waals surface area contributed by atoms with Crippen LogP contribution in [-0.2, 0) is 0 Å². The molecule has 0 saturated heterocycles. The van der Waals surface area contributed by atoms with Crippen LogP contribution in [0.2, 0.25) is 0 Å². The third-order valence-corrected chi connectivity index (χ3v) is 2.64. The van der Waals surface area contributed by atoms with Crippen LogP contribution in [0.1, 0.15) is 16.7 Å². The Morgan fingerprint density at radius 3 is 2.29 bits per heavy atom. The highest BCUT2D eigenvalue weighted by Gasteiger charge is 2.13. The molecule has 0 aromatic heterocycles. The summed E-state index contributed by atoms with van der Waals surface area (Å²) in [5.74, 6) is 0. The predicted octanol–water partition coefficient (Wildman–Crippen LogP) is 2.46. The van der Waals surface area contributed by atoms with Crippen molar-refractivity contribution in [3.8, 4) is 0 Å². The average Bonchev–Trinajstić information content (AvgIpc) is 2.54. The van der Waals surface area contributed by atoms with Crippen LogP contribution in [-0.4, -0.2) is 19.4 Å². The normalized spacial score (nSPS) is 15.2. The zero-order valence-corrected chi connectivity index (χ0v) is 9.04. The Morgan fingerprint density at radius 1 is 1.14 bits per heavy atom. The minimum atomic E-state index is 0.810. The number of hydrogen-bond acceptors (Lipinski definition) is 2. The van der Waals surface area contributed by atoms with Gasteiger partial charge in [-0.25, -0.2) is 0 Å². The Hall–Kier alpha value is -1.31. The van der Waals surface area contributed by atoms with Crippen molar-refractivity contribution in [2.75, 3.05) is 18.1 Å². The highest BCUT2D eigenvalue weighted by molar-refractivity contribution is 5.72. The van der Waals surface area contributed by atoms with Crippen molar-refractivity contribution in [2.45, 2.75) is 20.8 Å². The molecular weight excluding hydrogens is 172 g/mol. The van der Waals surface area contributed by atoms with E-state index in [-0.39, 0.29) is 0 Å². The van der Waals surface area contributed by atoms with Crippen LogP contribution in [0.15, 0.2) is 17.1 Å². The molecule has 0 spiro atoms. The number of nitrogens with zero attached hydrogens (tertiary/aromatic N) is 2. The van der Waals surface area contributed by atoms with Gasteiger partial charge in [-0.15, -0.1) is 0 Å². The molecule has 0 amide bonds. The van der Waals surface area contributed by atoms with E-state index in [0.29, 0.717) is 0 Å². The maximum atomic E-state index is 4.25. The van der Waals surface area contributed by atoms with Gasteiger partial charge >= 0.3 is 0 Å². The van der Waals surface area contributed by atoms with Crippen LogP contribution < -0.4 is 4.90 Å². The topological polar surface area (TPSA) is 15.6 Å². The fourth-order valence-corrected chi connectivity index (χ4v) is 2.20. The molecule has 0 saturated carbocycles. The standard InChI is InChI=1S/C12H16N2/c1-9-6-10(2)12(11(3)7-9)14-5-4-13-8-14/h4,6-7H,5,8H2,1-3H3. The van der Waals surface area contributed by atoms with Gasteiger partial charge in [0.25, 0.3) is 0 Å². The molecule has 1 aromatic rings. The lowest BCUT2D eigenvalue weighted by Crippen LogP contribution is -2.21. The first kappa shape index (κ1) is 9.25. The lowest BCUT2D eigenvalue weighted by Gasteiger charge is -2.22. The second kappa shape index (κ2) is 3.45. The van der Waals surface area contributed by atoms with Crippen LogP contribution >= 0.6 is 0 Å². The summed E-state index contributed by atoms with van der Waals surface area (Å²) in [6.07, 6.45) is 1.98. The van der Waals surface area contributed by atoms with Crippen molar-refractivity contribution in [3.63, 3.8) is 0 Å². The Balaban J connectivity index is 2.41. The zero-order chi connectivity index (χ0) is 10.1. The van der Waals surface area contributed by atoms with Crippen LogP contribution in [0.4, 0.5) is 5.69 Å². The van der Waals surface area contributed by atoms with Crippen LogP contribution in [0.5, 0.6) is 0 Å². The molecule has 0 atom stereocenters. The van der Waals surface area contributed by atoms with Crippen molar-refractivity contribution in [1.29, 1.82) is 0 Å². The second-order valence-corrected chi connectivity index (χ2v) is 3.98. The van der Waals surface area contributed by atoms with Crippen LogP contribution in [0.3, 0.4) is 0 Å². The molecule has 1 aliphatic rings. The maximum Gasteiger partial charge on any atom is 0.110 e. The van der Waals surface area contributed by atoms with E-state index in [9.17, 15) is 0 Å². The SMILES string of the molecule is Cc1cc(C)c(N2CC=NC2)c(C)c1. The van der Waals surface area contributed by atoms with Crippen LogP contribution in [0, 0.1) is 20.8 Å². The van der Waals surface area contributed by atoms with Crippen molar-refractivity contribution >= 4 is 11.9 Å². The number of aliphatic imine (C=N–C) groups is 1. The average molecular weight is 188 g/mol. The summed E-state index contributed by atoms with van der Waals surface area (Å²) in [5, 5.41) is 0. The number of aryl methyl sites for hydroxylation is 3. The molecule has 74 valence electrons. The van der Waals surface area contributed by atoms with Crippen molar-refractivity contribution in [2.24, 2.45) is 4.99 Å². The fraction of sp³-hybridized carbons (Fsp3) is 0.417. The molecule has 2 heteroatoms. The van der Waals surface area contributed by atoms with Gasteiger partial charge in [0.1, 0.15) is 6.67 Å². The first-order valence-electron chi connectivity index (χ1n) is 4.99. The van der Waals surface area contributed by atoms with E-state index in [1.54, 1.807) is 0 Å². The van der Waals surface area contributed by atoms with Gasteiger partial charge in [0, 0.05) is 11.9 Å². The first-order chi connectivity index (χ1) is 6.68. The van der Waals surface area contributed by atoms with Gasteiger partial charge in [-0.05, 0) is 31.9 Å². The minimum Gasteiger partial charge on any atom is -0.346 e. The quantitative estimate of drug-likeness (QED) is 0.661. The molecule has 0 bridgehead atoms. The van der Waals surface area contributed by atoms with E-state index < -0.39 is 0 Å². The van der Waals surface area contributed by atoms with E-state index >= 15 is 0 Å². The summed E-state index contributed by atoms with van der Waals surface area (Å²) in [6, 6.07) is 4.47. The minimum absolute atomic E-state index is 0.810. The highest BCUT2D eigenvalue weighted by Crippen LogP contribution is 2.26. The lowest BCUT2D eigenvalue weighted by molar-refractivity contribution is 0.941. The van der Waals surface area contributed by atoms with Crippen molar-refractivity contribution < 1.29 is 0 Å². The van der Waals surface area contributed by atoms with Crippen LogP contribution in [0.25, 0.3) is 0 Å². The Bertz CT molecular complexity index is 349. The predicted molar refractivity (Wildman–Crippen MR) is 61.4 cm³/mol. The van der Waals surface area contributed by atoms with Gasteiger partial charge in [0.15, 0.2) is 0 Å². The first-order valence-corrected chi connectivity index (χ1v) is 4.99. The largest absolute Gasteiger partial charge is 0.346 e. The summed E-state index contributed by atoms with van der Waals surface area (Å²) in [4.78, 5) is 6.56. The smallest absolute Gasteiger partial charge is 0.110 e. The van der Waals surface area contributed by atoms with E-state index in [0.717, 1.165) is 13.2 Å². The Kier molecular flexibility index (Phi) is 2.28. The summed E-state index contributed by atoms with van der Waals surface area (Å²) in [6.45, 7) is 8.25. The van der Waals surface area contributed by atoms with Gasteiger partial charge in [-0.3, -0.25) is 4.99 Å². The summed E-state index contributed by atoms with van der Waals surface area (Å²) >= 11 is 0. The second-order valence-electron chi connectivity index (χ2n) is 3.98. The number of benzene rings is 1. The molecular formula is C12H16N2. The number of rotatable bonds is 1.